The first kappa shape index (κ1) is 76.9. The van der Waals surface area contributed by atoms with Gasteiger partial charge in [0.1, 0.15) is 13.2 Å². The Labute approximate surface area is 497 Å². The molecule has 0 heterocycles. The maximum Gasteiger partial charge on any atom is 0.306 e. The third kappa shape index (κ3) is 65.7. The van der Waals surface area contributed by atoms with Crippen LogP contribution in [0.5, 0.6) is 0 Å². The van der Waals surface area contributed by atoms with Gasteiger partial charge in [-0.3, -0.25) is 14.4 Å². The van der Waals surface area contributed by atoms with Gasteiger partial charge in [0.25, 0.3) is 0 Å². The Kier molecular flexibility index (Phi) is 65.7. The van der Waals surface area contributed by atoms with Crippen LogP contribution in [0.1, 0.15) is 361 Å². The van der Waals surface area contributed by atoms with Crippen molar-refractivity contribution in [2.24, 2.45) is 0 Å². The van der Waals surface area contributed by atoms with Crippen molar-refractivity contribution in [3.63, 3.8) is 0 Å². The average molecular weight is 1120 g/mol. The van der Waals surface area contributed by atoms with Gasteiger partial charge in [-0.2, -0.15) is 0 Å². The molecule has 0 saturated heterocycles. The largest absolute Gasteiger partial charge is 0.462 e. The van der Waals surface area contributed by atoms with E-state index in [0.717, 1.165) is 116 Å². The molecule has 0 aromatic rings. The van der Waals surface area contributed by atoms with Crippen molar-refractivity contribution in [2.45, 2.75) is 367 Å². The average Bonchev–Trinajstić information content (AvgIpc) is 3.46. The highest BCUT2D eigenvalue weighted by Crippen LogP contribution is 2.18. The summed E-state index contributed by atoms with van der Waals surface area (Å²) in [5.41, 5.74) is 0. The van der Waals surface area contributed by atoms with Crippen molar-refractivity contribution in [1.82, 2.24) is 0 Å². The first-order valence-electron chi connectivity index (χ1n) is 34.9. The van der Waals surface area contributed by atoms with E-state index >= 15 is 0 Å². The molecule has 0 spiro atoms. The summed E-state index contributed by atoms with van der Waals surface area (Å²) >= 11 is 0. The van der Waals surface area contributed by atoms with Crippen molar-refractivity contribution in [1.29, 1.82) is 0 Å². The van der Waals surface area contributed by atoms with Gasteiger partial charge in [0.2, 0.25) is 0 Å². The SMILES string of the molecule is CC/C=C\C/C=C\C/C=C\C/C=C\CCCCCCCCC(=O)OC(COC(=O)CCCCCCC/C=C\C/C=C\CCCCCC)COC(=O)CCCCCCCCCCCCCCCCCCCCCCCCCCCCC. The lowest BCUT2D eigenvalue weighted by Crippen LogP contribution is -2.30. The molecule has 1 unspecified atom stereocenters. The number of allylic oxidation sites excluding steroid dienone is 12. The Morgan fingerprint density at radius 2 is 0.487 bits per heavy atom. The van der Waals surface area contributed by atoms with Gasteiger partial charge in [-0.15, -0.1) is 0 Å². The quantitative estimate of drug-likeness (QED) is 0.0261. The van der Waals surface area contributed by atoms with E-state index < -0.39 is 6.10 Å². The fourth-order valence-corrected chi connectivity index (χ4v) is 10.2. The molecule has 0 amide bonds. The van der Waals surface area contributed by atoms with Crippen LogP contribution in [0.15, 0.2) is 72.9 Å². The highest BCUT2D eigenvalue weighted by molar-refractivity contribution is 5.71. The minimum atomic E-state index is -0.790. The summed E-state index contributed by atoms with van der Waals surface area (Å²) in [4.78, 5) is 38.4. The standard InChI is InChI=1S/C74H132O6/c1-4-7-10-13-16-19-22-25-28-31-33-34-35-36-37-38-39-40-42-43-46-49-52-55-58-61-64-67-73(76)79-70-71(69-78-72(75)66-63-60-57-54-51-48-45-30-27-24-21-18-15-12-9-6-3)80-74(77)68-65-62-59-56-53-50-47-44-41-32-29-26-23-20-17-14-11-8-5-2/h8,11,17,20-21,24,26,29-30,41,44-45,71H,4-7,9-10,12-16,18-19,22-23,25,27-28,31-40,42-43,46-70H2,1-3H3/b11-8-,20-17-,24-21-,29-26-,44-41-,45-30-. The lowest BCUT2D eigenvalue weighted by atomic mass is 10.0. The Hall–Kier alpha value is -3.15. The van der Waals surface area contributed by atoms with Crippen LogP contribution in [0.2, 0.25) is 0 Å². The zero-order valence-electron chi connectivity index (χ0n) is 53.3. The predicted octanol–water partition coefficient (Wildman–Crippen LogP) is 24.1. The van der Waals surface area contributed by atoms with Gasteiger partial charge < -0.3 is 14.2 Å². The third-order valence-electron chi connectivity index (χ3n) is 15.4. The van der Waals surface area contributed by atoms with Crippen molar-refractivity contribution in [3.8, 4) is 0 Å². The predicted molar refractivity (Wildman–Crippen MR) is 348 cm³/mol. The van der Waals surface area contributed by atoms with E-state index in [1.165, 1.54) is 205 Å². The van der Waals surface area contributed by atoms with E-state index in [-0.39, 0.29) is 31.1 Å². The summed E-state index contributed by atoms with van der Waals surface area (Å²) in [6, 6.07) is 0. The molecule has 0 radical (unpaired) electrons. The van der Waals surface area contributed by atoms with Crippen LogP contribution in [-0.4, -0.2) is 37.2 Å². The lowest BCUT2D eigenvalue weighted by Gasteiger charge is -2.18. The molecule has 0 N–H and O–H groups in total. The van der Waals surface area contributed by atoms with E-state index in [9.17, 15) is 14.4 Å². The number of ether oxygens (including phenoxy) is 3. The number of unbranched alkanes of at least 4 members (excludes halogenated alkanes) is 41. The molecule has 80 heavy (non-hydrogen) atoms. The molecule has 0 rings (SSSR count). The Morgan fingerprint density at radius 1 is 0.263 bits per heavy atom. The first-order chi connectivity index (χ1) is 39.5. The van der Waals surface area contributed by atoms with Crippen molar-refractivity contribution >= 4 is 17.9 Å². The monoisotopic (exact) mass is 1120 g/mol. The molecule has 464 valence electrons. The van der Waals surface area contributed by atoms with Crippen LogP contribution in [0.25, 0.3) is 0 Å². The molecule has 6 nitrogen and oxygen atoms in total. The highest BCUT2D eigenvalue weighted by Gasteiger charge is 2.19. The van der Waals surface area contributed by atoms with Crippen molar-refractivity contribution < 1.29 is 28.6 Å². The van der Waals surface area contributed by atoms with E-state index in [1.54, 1.807) is 0 Å². The minimum Gasteiger partial charge on any atom is -0.462 e. The molecule has 0 aliphatic carbocycles. The van der Waals surface area contributed by atoms with Gasteiger partial charge >= 0.3 is 17.9 Å². The van der Waals surface area contributed by atoms with Gasteiger partial charge in [-0.1, -0.05) is 325 Å². The molecule has 0 saturated carbocycles. The molecule has 0 fully saturated rings. The summed E-state index contributed by atoms with van der Waals surface area (Å²) in [6.45, 7) is 6.54. The first-order valence-corrected chi connectivity index (χ1v) is 34.9. The summed E-state index contributed by atoms with van der Waals surface area (Å²) in [6.07, 6.45) is 89.3. The second-order valence-corrected chi connectivity index (χ2v) is 23.4. The molecule has 1 atom stereocenters. The fraction of sp³-hybridized carbons (Fsp3) is 0.797. The highest BCUT2D eigenvalue weighted by atomic mass is 16.6. The third-order valence-corrected chi connectivity index (χ3v) is 15.4. The Bertz CT molecular complexity index is 1470. The number of hydrogen-bond donors (Lipinski definition) is 0. The molecule has 0 bridgehead atoms. The number of carbonyl (C=O) groups is 3. The van der Waals surface area contributed by atoms with Crippen LogP contribution in [0, 0.1) is 0 Å². The fourth-order valence-electron chi connectivity index (χ4n) is 10.2. The number of carbonyl (C=O) groups excluding carboxylic acids is 3. The Balaban J connectivity index is 4.30. The van der Waals surface area contributed by atoms with Crippen LogP contribution in [0.4, 0.5) is 0 Å². The lowest BCUT2D eigenvalue weighted by molar-refractivity contribution is -0.167. The second kappa shape index (κ2) is 68.3. The molecular weight excluding hydrogens is 985 g/mol. The molecule has 0 aromatic carbocycles. The number of hydrogen-bond acceptors (Lipinski definition) is 6. The molecule has 0 aromatic heterocycles. The summed E-state index contributed by atoms with van der Waals surface area (Å²) < 4.78 is 17.0. The molecule has 0 aliphatic heterocycles. The van der Waals surface area contributed by atoms with E-state index in [1.807, 2.05) is 0 Å². The molecule has 0 aliphatic rings. The minimum absolute atomic E-state index is 0.0829. The van der Waals surface area contributed by atoms with E-state index in [2.05, 4.69) is 93.7 Å². The normalized spacial score (nSPS) is 12.5. The van der Waals surface area contributed by atoms with Crippen LogP contribution in [0.3, 0.4) is 0 Å². The second-order valence-electron chi connectivity index (χ2n) is 23.4. The zero-order chi connectivity index (χ0) is 57.8. The van der Waals surface area contributed by atoms with Gasteiger partial charge in [0.15, 0.2) is 6.10 Å². The zero-order valence-corrected chi connectivity index (χ0v) is 53.3. The van der Waals surface area contributed by atoms with E-state index in [0.29, 0.717) is 19.3 Å². The summed E-state index contributed by atoms with van der Waals surface area (Å²) in [5.74, 6) is -0.892. The van der Waals surface area contributed by atoms with Crippen LogP contribution >= 0.6 is 0 Å². The van der Waals surface area contributed by atoms with Gasteiger partial charge in [-0.05, 0) is 89.9 Å². The Morgan fingerprint density at radius 3 is 0.775 bits per heavy atom. The van der Waals surface area contributed by atoms with Gasteiger partial charge in [0, 0.05) is 19.3 Å². The van der Waals surface area contributed by atoms with Crippen LogP contribution < -0.4 is 0 Å². The maximum atomic E-state index is 12.9. The molecule has 6 heteroatoms. The number of esters is 3. The number of rotatable bonds is 64. The van der Waals surface area contributed by atoms with Crippen molar-refractivity contribution in [2.75, 3.05) is 13.2 Å². The van der Waals surface area contributed by atoms with Crippen molar-refractivity contribution in [3.05, 3.63) is 72.9 Å². The summed E-state index contributed by atoms with van der Waals surface area (Å²) in [5, 5.41) is 0. The summed E-state index contributed by atoms with van der Waals surface area (Å²) in [7, 11) is 0. The van der Waals surface area contributed by atoms with E-state index in [4.69, 9.17) is 14.2 Å². The smallest absolute Gasteiger partial charge is 0.306 e. The molecular formula is C74H132O6. The maximum absolute atomic E-state index is 12.9. The topological polar surface area (TPSA) is 78.9 Å². The van der Waals surface area contributed by atoms with Gasteiger partial charge in [0.05, 0.1) is 0 Å². The van der Waals surface area contributed by atoms with Crippen LogP contribution in [-0.2, 0) is 28.6 Å². The van der Waals surface area contributed by atoms with Gasteiger partial charge in [-0.25, -0.2) is 0 Å².